The van der Waals surface area contributed by atoms with Crippen LogP contribution in [0.4, 0.5) is 16.2 Å². The third-order valence-electron chi connectivity index (χ3n) is 5.86. The molecule has 0 unspecified atom stereocenters. The summed E-state index contributed by atoms with van der Waals surface area (Å²) in [7, 11) is 3.05. The van der Waals surface area contributed by atoms with Crippen LogP contribution in [0.1, 0.15) is 49.5 Å². The van der Waals surface area contributed by atoms with Gasteiger partial charge in [-0.15, -0.1) is 0 Å². The van der Waals surface area contributed by atoms with E-state index in [1.807, 2.05) is 0 Å². The van der Waals surface area contributed by atoms with Gasteiger partial charge in [-0.1, -0.05) is 6.07 Å². The SMILES string of the molecule is COc1ccc(CNC(=O)c2cc([N+](=O)[O-])ccc2N(C(=O)OC(C)(C)C)C2CCNCC2)cc1OC. The fraction of sp³-hybridized carbons (Fsp3) is 0.462. The van der Waals surface area contributed by atoms with Crippen LogP contribution in [-0.2, 0) is 11.3 Å². The summed E-state index contributed by atoms with van der Waals surface area (Å²) in [6, 6.07) is 8.91. The lowest BCUT2D eigenvalue weighted by Crippen LogP contribution is -2.49. The van der Waals surface area contributed by atoms with Crippen molar-refractivity contribution in [3.8, 4) is 11.5 Å². The fourth-order valence-corrected chi connectivity index (χ4v) is 4.12. The fourth-order valence-electron chi connectivity index (χ4n) is 4.12. The van der Waals surface area contributed by atoms with Gasteiger partial charge < -0.3 is 24.8 Å². The van der Waals surface area contributed by atoms with Gasteiger partial charge in [-0.3, -0.25) is 19.8 Å². The molecule has 0 aliphatic carbocycles. The summed E-state index contributed by atoms with van der Waals surface area (Å²) in [5.74, 6) is 0.497. The van der Waals surface area contributed by atoms with Crippen LogP contribution in [0.3, 0.4) is 0 Å². The van der Waals surface area contributed by atoms with E-state index in [4.69, 9.17) is 14.2 Å². The largest absolute Gasteiger partial charge is 0.493 e. The number of nitro benzene ring substituents is 1. The first kappa shape index (κ1) is 27.7. The van der Waals surface area contributed by atoms with Crippen molar-refractivity contribution in [1.82, 2.24) is 10.6 Å². The van der Waals surface area contributed by atoms with E-state index in [0.29, 0.717) is 37.4 Å². The van der Waals surface area contributed by atoms with Crippen LogP contribution in [0, 0.1) is 10.1 Å². The van der Waals surface area contributed by atoms with Gasteiger partial charge in [-0.25, -0.2) is 4.79 Å². The molecule has 0 radical (unpaired) electrons. The van der Waals surface area contributed by atoms with Gasteiger partial charge in [0, 0.05) is 24.7 Å². The quantitative estimate of drug-likeness (QED) is 0.399. The Bertz CT molecular complexity index is 1140. The van der Waals surface area contributed by atoms with Crippen LogP contribution in [-0.4, -0.2) is 55.9 Å². The van der Waals surface area contributed by atoms with Crippen molar-refractivity contribution in [2.24, 2.45) is 0 Å². The van der Waals surface area contributed by atoms with Crippen molar-refractivity contribution in [1.29, 1.82) is 0 Å². The average molecular weight is 515 g/mol. The molecule has 2 amide bonds. The lowest BCUT2D eigenvalue weighted by atomic mass is 10.0. The highest BCUT2D eigenvalue weighted by atomic mass is 16.6. The third kappa shape index (κ3) is 7.10. The van der Waals surface area contributed by atoms with E-state index in [1.54, 1.807) is 39.0 Å². The molecule has 2 aromatic rings. The molecule has 0 saturated carbocycles. The molecule has 0 spiro atoms. The number of piperidine rings is 1. The first-order chi connectivity index (χ1) is 17.5. The van der Waals surface area contributed by atoms with E-state index in [0.717, 1.165) is 5.56 Å². The monoisotopic (exact) mass is 514 g/mol. The summed E-state index contributed by atoms with van der Waals surface area (Å²) in [6.07, 6.45) is 0.675. The van der Waals surface area contributed by atoms with E-state index >= 15 is 0 Å². The first-order valence-corrected chi connectivity index (χ1v) is 12.0. The highest BCUT2D eigenvalue weighted by molar-refractivity contribution is 6.04. The maximum Gasteiger partial charge on any atom is 0.415 e. The van der Waals surface area contributed by atoms with Gasteiger partial charge in [0.2, 0.25) is 0 Å². The number of non-ortho nitro benzene ring substituents is 1. The van der Waals surface area contributed by atoms with Crippen LogP contribution in [0.5, 0.6) is 11.5 Å². The van der Waals surface area contributed by atoms with Gasteiger partial charge in [-0.05, 0) is 70.5 Å². The van der Waals surface area contributed by atoms with Gasteiger partial charge in [-0.2, -0.15) is 0 Å². The lowest BCUT2D eigenvalue weighted by molar-refractivity contribution is -0.384. The maximum atomic E-state index is 13.4. The Hall–Kier alpha value is -3.86. The molecule has 1 aliphatic rings. The Balaban J connectivity index is 1.97. The molecule has 1 fully saturated rings. The Labute approximate surface area is 216 Å². The van der Waals surface area contributed by atoms with Crippen molar-refractivity contribution >= 4 is 23.4 Å². The standard InChI is InChI=1S/C26H34N4O7/c1-26(2,3)37-25(32)29(18-10-12-27-13-11-18)21-8-7-19(30(33)34)15-20(21)24(31)28-16-17-6-9-22(35-4)23(14-17)36-5/h6-9,14-15,18,27H,10-13,16H2,1-5H3,(H,28,31). The summed E-state index contributed by atoms with van der Waals surface area (Å²) < 4.78 is 16.2. The Kier molecular flexibility index (Phi) is 8.93. The number of amides is 2. The topological polar surface area (TPSA) is 132 Å². The molecule has 11 nitrogen and oxygen atoms in total. The molecular weight excluding hydrogens is 480 g/mol. The van der Waals surface area contributed by atoms with Gasteiger partial charge in [0.05, 0.1) is 30.4 Å². The Morgan fingerprint density at radius 2 is 1.76 bits per heavy atom. The van der Waals surface area contributed by atoms with Gasteiger partial charge in [0.15, 0.2) is 11.5 Å². The number of nitrogens with one attached hydrogen (secondary N) is 2. The summed E-state index contributed by atoms with van der Waals surface area (Å²) in [4.78, 5) is 39.2. The molecule has 11 heteroatoms. The number of nitro groups is 1. The first-order valence-electron chi connectivity index (χ1n) is 12.0. The highest BCUT2D eigenvalue weighted by Crippen LogP contribution is 2.32. The molecule has 3 rings (SSSR count). The summed E-state index contributed by atoms with van der Waals surface area (Å²) in [6.45, 7) is 6.80. The van der Waals surface area contributed by atoms with Crippen molar-refractivity contribution in [2.45, 2.75) is 51.8 Å². The Morgan fingerprint density at radius 3 is 2.35 bits per heavy atom. The van der Waals surface area contributed by atoms with Crippen molar-refractivity contribution in [2.75, 3.05) is 32.2 Å². The molecule has 1 saturated heterocycles. The second-order valence-electron chi connectivity index (χ2n) is 9.66. The van der Waals surface area contributed by atoms with Crippen molar-refractivity contribution in [3.05, 3.63) is 57.6 Å². The minimum Gasteiger partial charge on any atom is -0.493 e. The third-order valence-corrected chi connectivity index (χ3v) is 5.86. The van der Waals surface area contributed by atoms with Crippen LogP contribution >= 0.6 is 0 Å². The number of hydrogen-bond acceptors (Lipinski definition) is 8. The number of rotatable bonds is 8. The van der Waals surface area contributed by atoms with Gasteiger partial charge in [0.1, 0.15) is 5.60 Å². The van der Waals surface area contributed by atoms with E-state index < -0.39 is 22.5 Å². The lowest BCUT2D eigenvalue weighted by Gasteiger charge is -2.36. The zero-order valence-electron chi connectivity index (χ0n) is 21.8. The molecule has 2 N–H and O–H groups in total. The predicted molar refractivity (Wildman–Crippen MR) is 138 cm³/mol. The Morgan fingerprint density at radius 1 is 1.08 bits per heavy atom. The van der Waals surface area contributed by atoms with E-state index in [-0.39, 0.29) is 29.5 Å². The average Bonchev–Trinajstić information content (AvgIpc) is 2.86. The zero-order valence-corrected chi connectivity index (χ0v) is 21.8. The molecule has 1 heterocycles. The van der Waals surface area contributed by atoms with E-state index in [1.165, 1.54) is 37.3 Å². The minimum atomic E-state index is -0.765. The molecule has 37 heavy (non-hydrogen) atoms. The normalized spacial score (nSPS) is 14.0. The zero-order chi connectivity index (χ0) is 27.2. The summed E-state index contributed by atoms with van der Waals surface area (Å²) in [5, 5.41) is 17.6. The molecule has 200 valence electrons. The number of ether oxygens (including phenoxy) is 3. The van der Waals surface area contributed by atoms with Crippen LogP contribution < -0.4 is 25.0 Å². The summed E-state index contributed by atoms with van der Waals surface area (Å²) >= 11 is 0. The van der Waals surface area contributed by atoms with Crippen molar-refractivity contribution < 1.29 is 28.7 Å². The summed E-state index contributed by atoms with van der Waals surface area (Å²) in [5.41, 5.74) is -0.00998. The number of nitrogens with zero attached hydrogens (tertiary/aromatic N) is 2. The second-order valence-corrected chi connectivity index (χ2v) is 9.66. The maximum absolute atomic E-state index is 13.4. The number of methoxy groups -OCH3 is 2. The van der Waals surface area contributed by atoms with Gasteiger partial charge in [0.25, 0.3) is 11.6 Å². The second kappa shape index (κ2) is 11.9. The van der Waals surface area contributed by atoms with E-state index in [2.05, 4.69) is 10.6 Å². The molecule has 0 bridgehead atoms. The number of carbonyl (C=O) groups excluding carboxylic acids is 2. The molecule has 0 atom stereocenters. The van der Waals surface area contributed by atoms with Crippen LogP contribution in [0.15, 0.2) is 36.4 Å². The van der Waals surface area contributed by atoms with E-state index in [9.17, 15) is 19.7 Å². The number of anilines is 1. The van der Waals surface area contributed by atoms with Crippen LogP contribution in [0.2, 0.25) is 0 Å². The minimum absolute atomic E-state index is 0.0130. The predicted octanol–water partition coefficient (Wildman–Crippen LogP) is 4.04. The molecular formula is C26H34N4O7. The van der Waals surface area contributed by atoms with Crippen LogP contribution in [0.25, 0.3) is 0 Å². The van der Waals surface area contributed by atoms with Gasteiger partial charge >= 0.3 is 6.09 Å². The molecule has 1 aliphatic heterocycles. The van der Waals surface area contributed by atoms with Crippen molar-refractivity contribution in [3.63, 3.8) is 0 Å². The molecule has 0 aromatic heterocycles. The smallest absolute Gasteiger partial charge is 0.415 e. The highest BCUT2D eigenvalue weighted by Gasteiger charge is 2.34. The number of carbonyl (C=O) groups is 2. The number of benzene rings is 2. The number of hydrogen-bond donors (Lipinski definition) is 2. The molecule has 2 aromatic carbocycles.